The van der Waals surface area contributed by atoms with Gasteiger partial charge in [-0.25, -0.2) is 4.98 Å². The molecule has 2 rings (SSSR count). The highest BCUT2D eigenvalue weighted by Crippen LogP contribution is 2.16. The lowest BCUT2D eigenvalue weighted by Crippen LogP contribution is -2.05. The molecule has 1 aromatic heterocycles. The first-order valence-corrected chi connectivity index (χ1v) is 4.80. The van der Waals surface area contributed by atoms with Crippen molar-refractivity contribution in [3.8, 4) is 6.07 Å². The van der Waals surface area contributed by atoms with E-state index in [0.29, 0.717) is 6.54 Å². The van der Waals surface area contributed by atoms with Crippen molar-refractivity contribution in [2.24, 2.45) is 0 Å². The zero-order valence-electron chi connectivity index (χ0n) is 8.24. The van der Waals surface area contributed by atoms with Crippen molar-refractivity contribution in [1.82, 2.24) is 9.55 Å². The fourth-order valence-electron chi connectivity index (χ4n) is 1.51. The summed E-state index contributed by atoms with van der Waals surface area (Å²) in [5.74, 6) is -0.111. The summed E-state index contributed by atoms with van der Waals surface area (Å²) in [6.07, 6.45) is 5.32. The van der Waals surface area contributed by atoms with Crippen molar-refractivity contribution in [3.05, 3.63) is 54.6 Å². The Kier molecular flexibility index (Phi) is 2.80. The predicted octanol–water partition coefficient (Wildman–Crippen LogP) is 2.19. The summed E-state index contributed by atoms with van der Waals surface area (Å²) in [7, 11) is 0. The molecule has 1 atom stereocenters. The molecule has 0 fully saturated rings. The predicted molar refractivity (Wildman–Crippen MR) is 57.0 cm³/mol. The third-order valence-corrected chi connectivity index (χ3v) is 2.31. The molecule has 0 aliphatic carbocycles. The van der Waals surface area contributed by atoms with Gasteiger partial charge < -0.3 is 4.57 Å². The van der Waals surface area contributed by atoms with E-state index in [1.54, 1.807) is 12.5 Å². The van der Waals surface area contributed by atoms with Gasteiger partial charge in [-0.15, -0.1) is 0 Å². The lowest BCUT2D eigenvalue weighted by atomic mass is 10.0. The van der Waals surface area contributed by atoms with E-state index in [9.17, 15) is 0 Å². The SMILES string of the molecule is N#CC(Cn1ccnc1)c1ccccc1. The molecule has 0 amide bonds. The summed E-state index contributed by atoms with van der Waals surface area (Å²) in [4.78, 5) is 3.96. The highest BCUT2D eigenvalue weighted by Gasteiger charge is 2.09. The van der Waals surface area contributed by atoms with Gasteiger partial charge in [0.05, 0.1) is 18.3 Å². The van der Waals surface area contributed by atoms with Gasteiger partial charge in [0.25, 0.3) is 0 Å². The number of nitriles is 1. The maximum atomic E-state index is 9.09. The molecule has 0 radical (unpaired) electrons. The van der Waals surface area contributed by atoms with E-state index in [2.05, 4.69) is 11.1 Å². The Morgan fingerprint density at radius 1 is 1.33 bits per heavy atom. The summed E-state index contributed by atoms with van der Waals surface area (Å²) in [5, 5.41) is 9.09. The molecule has 1 aromatic carbocycles. The van der Waals surface area contributed by atoms with E-state index in [1.807, 2.05) is 41.1 Å². The summed E-state index contributed by atoms with van der Waals surface area (Å²) in [6.45, 7) is 0.653. The Labute approximate surface area is 88.6 Å². The average molecular weight is 197 g/mol. The molecule has 0 spiro atoms. The van der Waals surface area contributed by atoms with Crippen LogP contribution in [0.2, 0.25) is 0 Å². The van der Waals surface area contributed by atoms with Gasteiger partial charge in [-0.2, -0.15) is 5.26 Å². The van der Waals surface area contributed by atoms with Crippen molar-refractivity contribution in [3.63, 3.8) is 0 Å². The maximum Gasteiger partial charge on any atom is 0.0946 e. The Morgan fingerprint density at radius 2 is 2.13 bits per heavy atom. The third-order valence-electron chi connectivity index (χ3n) is 2.31. The van der Waals surface area contributed by atoms with E-state index < -0.39 is 0 Å². The van der Waals surface area contributed by atoms with E-state index in [0.717, 1.165) is 5.56 Å². The van der Waals surface area contributed by atoms with Gasteiger partial charge in [0, 0.05) is 18.9 Å². The number of aromatic nitrogens is 2. The van der Waals surface area contributed by atoms with Gasteiger partial charge in [0.1, 0.15) is 0 Å². The fraction of sp³-hybridized carbons (Fsp3) is 0.167. The second-order valence-corrected chi connectivity index (χ2v) is 3.35. The van der Waals surface area contributed by atoms with Crippen LogP contribution in [-0.2, 0) is 6.54 Å². The van der Waals surface area contributed by atoms with Crippen LogP contribution in [0.25, 0.3) is 0 Å². The number of benzene rings is 1. The Bertz CT molecular complexity index is 439. The smallest absolute Gasteiger partial charge is 0.0946 e. The molecule has 1 unspecified atom stereocenters. The molecule has 0 N–H and O–H groups in total. The zero-order chi connectivity index (χ0) is 10.5. The van der Waals surface area contributed by atoms with Crippen molar-refractivity contribution in [2.75, 3.05) is 0 Å². The molecule has 1 heterocycles. The van der Waals surface area contributed by atoms with Crippen LogP contribution in [0.5, 0.6) is 0 Å². The third kappa shape index (κ3) is 2.23. The largest absolute Gasteiger partial charge is 0.336 e. The number of hydrogen-bond donors (Lipinski definition) is 0. The van der Waals surface area contributed by atoms with Crippen molar-refractivity contribution < 1.29 is 0 Å². The molecule has 0 aliphatic heterocycles. The van der Waals surface area contributed by atoms with Crippen molar-refractivity contribution in [2.45, 2.75) is 12.5 Å². The van der Waals surface area contributed by atoms with E-state index in [4.69, 9.17) is 5.26 Å². The molecule has 0 saturated carbocycles. The van der Waals surface area contributed by atoms with E-state index in [-0.39, 0.29) is 5.92 Å². The van der Waals surface area contributed by atoms with Crippen LogP contribution in [-0.4, -0.2) is 9.55 Å². The Balaban J connectivity index is 2.16. The standard InChI is InChI=1S/C12H11N3/c13-8-12(9-15-7-6-14-10-15)11-4-2-1-3-5-11/h1-7,10,12H,9H2. The molecule has 74 valence electrons. The van der Waals surface area contributed by atoms with Gasteiger partial charge in [-0.3, -0.25) is 0 Å². The van der Waals surface area contributed by atoms with Crippen LogP contribution in [0.4, 0.5) is 0 Å². The van der Waals surface area contributed by atoms with Gasteiger partial charge in [-0.1, -0.05) is 30.3 Å². The summed E-state index contributed by atoms with van der Waals surface area (Å²) >= 11 is 0. The summed E-state index contributed by atoms with van der Waals surface area (Å²) < 4.78 is 1.92. The van der Waals surface area contributed by atoms with Gasteiger partial charge in [-0.05, 0) is 5.56 Å². The lowest BCUT2D eigenvalue weighted by Gasteiger charge is -2.09. The molecular weight excluding hydrogens is 186 g/mol. The van der Waals surface area contributed by atoms with Gasteiger partial charge in [0.15, 0.2) is 0 Å². The highest BCUT2D eigenvalue weighted by molar-refractivity contribution is 5.24. The first-order valence-electron chi connectivity index (χ1n) is 4.80. The Hall–Kier alpha value is -2.08. The molecular formula is C12H11N3. The molecule has 3 nitrogen and oxygen atoms in total. The van der Waals surface area contributed by atoms with Crippen LogP contribution < -0.4 is 0 Å². The maximum absolute atomic E-state index is 9.09. The van der Waals surface area contributed by atoms with E-state index in [1.165, 1.54) is 0 Å². The number of imidazole rings is 1. The van der Waals surface area contributed by atoms with E-state index >= 15 is 0 Å². The van der Waals surface area contributed by atoms with Crippen LogP contribution in [0.3, 0.4) is 0 Å². The zero-order valence-corrected chi connectivity index (χ0v) is 8.24. The molecule has 0 bridgehead atoms. The second-order valence-electron chi connectivity index (χ2n) is 3.35. The van der Waals surface area contributed by atoms with Crippen molar-refractivity contribution in [1.29, 1.82) is 5.26 Å². The second kappa shape index (κ2) is 4.43. The molecule has 15 heavy (non-hydrogen) atoms. The van der Waals surface area contributed by atoms with Crippen LogP contribution in [0, 0.1) is 11.3 Å². The average Bonchev–Trinajstić information content (AvgIpc) is 2.80. The van der Waals surface area contributed by atoms with Gasteiger partial charge in [0.2, 0.25) is 0 Å². The highest BCUT2D eigenvalue weighted by atomic mass is 15.0. The lowest BCUT2D eigenvalue weighted by molar-refractivity contribution is 0.645. The minimum absolute atomic E-state index is 0.111. The van der Waals surface area contributed by atoms with Crippen molar-refractivity contribution >= 4 is 0 Å². The van der Waals surface area contributed by atoms with Crippen LogP contribution in [0.15, 0.2) is 49.1 Å². The normalized spacial score (nSPS) is 11.9. The van der Waals surface area contributed by atoms with Crippen LogP contribution in [0.1, 0.15) is 11.5 Å². The molecule has 3 heteroatoms. The quantitative estimate of drug-likeness (QED) is 0.756. The number of hydrogen-bond acceptors (Lipinski definition) is 2. The number of rotatable bonds is 3. The first kappa shape index (κ1) is 9.47. The van der Waals surface area contributed by atoms with Gasteiger partial charge >= 0.3 is 0 Å². The minimum atomic E-state index is -0.111. The first-order chi connectivity index (χ1) is 7.40. The summed E-state index contributed by atoms with van der Waals surface area (Å²) in [6, 6.07) is 12.1. The van der Waals surface area contributed by atoms with Crippen LogP contribution >= 0.6 is 0 Å². The Morgan fingerprint density at radius 3 is 2.73 bits per heavy atom. The molecule has 2 aromatic rings. The molecule has 0 saturated heterocycles. The fourth-order valence-corrected chi connectivity index (χ4v) is 1.51. The molecule has 0 aliphatic rings. The monoisotopic (exact) mass is 197 g/mol. The number of nitrogens with zero attached hydrogens (tertiary/aromatic N) is 3. The topological polar surface area (TPSA) is 41.6 Å². The minimum Gasteiger partial charge on any atom is -0.336 e. The summed E-state index contributed by atoms with van der Waals surface area (Å²) in [5.41, 5.74) is 1.05.